The Bertz CT molecular complexity index is 1140. The molecule has 1 aliphatic rings. The molecule has 162 valence electrons. The molecular formula is C25H23N3O3S. The van der Waals surface area contributed by atoms with Gasteiger partial charge in [-0.1, -0.05) is 37.3 Å². The lowest BCUT2D eigenvalue weighted by molar-refractivity contribution is -0.121. The van der Waals surface area contributed by atoms with Gasteiger partial charge in [-0.3, -0.25) is 14.9 Å². The lowest BCUT2D eigenvalue weighted by atomic mass is 10.1. The van der Waals surface area contributed by atoms with Gasteiger partial charge in [-0.2, -0.15) is 0 Å². The Morgan fingerprint density at radius 3 is 2.44 bits per heavy atom. The molecule has 3 aromatic rings. The summed E-state index contributed by atoms with van der Waals surface area (Å²) >= 11 is 5.22. The molecular weight excluding hydrogens is 422 g/mol. The Balaban J connectivity index is 1.27. The van der Waals surface area contributed by atoms with Gasteiger partial charge >= 0.3 is 0 Å². The van der Waals surface area contributed by atoms with Crippen molar-refractivity contribution in [2.24, 2.45) is 0 Å². The molecule has 3 aromatic carbocycles. The van der Waals surface area contributed by atoms with E-state index in [9.17, 15) is 9.59 Å². The lowest BCUT2D eigenvalue weighted by Gasteiger charge is -2.16. The summed E-state index contributed by atoms with van der Waals surface area (Å²) in [5.41, 5.74) is 4.47. The summed E-state index contributed by atoms with van der Waals surface area (Å²) in [4.78, 5) is 26.4. The molecule has 0 spiro atoms. The van der Waals surface area contributed by atoms with Crippen molar-refractivity contribution in [1.29, 1.82) is 0 Å². The van der Waals surface area contributed by atoms with Crippen molar-refractivity contribution in [3.05, 3.63) is 89.5 Å². The van der Waals surface area contributed by atoms with Gasteiger partial charge in [0.2, 0.25) is 0 Å². The molecule has 0 unspecified atom stereocenters. The quantitative estimate of drug-likeness (QED) is 0.554. The molecule has 0 saturated carbocycles. The van der Waals surface area contributed by atoms with E-state index >= 15 is 0 Å². The fourth-order valence-electron chi connectivity index (χ4n) is 3.48. The maximum Gasteiger partial charge on any atom is 0.264 e. The first kappa shape index (κ1) is 21.5. The lowest BCUT2D eigenvalue weighted by Crippen LogP contribution is -2.37. The first-order valence-corrected chi connectivity index (χ1v) is 10.8. The first-order chi connectivity index (χ1) is 15.5. The predicted octanol–water partition coefficient (Wildman–Crippen LogP) is 4.30. The van der Waals surface area contributed by atoms with Crippen molar-refractivity contribution in [1.82, 2.24) is 5.32 Å². The molecule has 0 aliphatic carbocycles. The number of carbonyl (C=O) groups is 2. The van der Waals surface area contributed by atoms with Gasteiger partial charge in [0.15, 0.2) is 11.7 Å². The maximum absolute atomic E-state index is 12.6. The van der Waals surface area contributed by atoms with Gasteiger partial charge in [-0.25, -0.2) is 0 Å². The summed E-state index contributed by atoms with van der Waals surface area (Å²) in [6, 6.07) is 22.6. The number of benzene rings is 3. The number of thiocarbonyl (C=S) groups is 1. The average Bonchev–Trinajstić information content (AvgIpc) is 3.15. The zero-order valence-corrected chi connectivity index (χ0v) is 18.4. The van der Waals surface area contributed by atoms with E-state index in [0.717, 1.165) is 23.2 Å². The van der Waals surface area contributed by atoms with Crippen LogP contribution in [0.1, 0.15) is 28.4 Å². The van der Waals surface area contributed by atoms with Crippen molar-refractivity contribution in [2.45, 2.75) is 19.9 Å². The van der Waals surface area contributed by atoms with Crippen LogP contribution in [0.25, 0.3) is 0 Å². The van der Waals surface area contributed by atoms with Gasteiger partial charge in [0.05, 0.1) is 6.54 Å². The van der Waals surface area contributed by atoms with E-state index in [1.54, 1.807) is 4.90 Å². The molecule has 1 aliphatic heterocycles. The number of hydrogen-bond donors (Lipinski definition) is 2. The van der Waals surface area contributed by atoms with E-state index in [2.05, 4.69) is 17.6 Å². The number of aryl methyl sites for hydroxylation is 1. The number of anilines is 2. The SMILES string of the molecule is CCc1ccc(OCC(=O)NC(=S)Nc2ccc(N3Cc4ccccc4C3=O)cc2)cc1. The third kappa shape index (κ3) is 4.95. The Labute approximate surface area is 192 Å². The number of fused-ring (bicyclic) bond motifs is 1. The molecule has 2 amide bonds. The number of ether oxygens (including phenoxy) is 1. The standard InChI is InChI=1S/C25H23N3O3S/c1-2-17-7-13-21(14-8-17)31-16-23(29)27-25(32)26-19-9-11-20(12-10-19)28-15-18-5-3-4-6-22(18)24(28)30/h3-14H,2,15-16H2,1H3,(H2,26,27,29,32). The van der Waals surface area contributed by atoms with E-state index in [1.807, 2.05) is 72.8 Å². The molecule has 2 N–H and O–H groups in total. The number of amides is 2. The van der Waals surface area contributed by atoms with Crippen molar-refractivity contribution in [2.75, 3.05) is 16.8 Å². The third-order valence-corrected chi connectivity index (χ3v) is 5.42. The molecule has 0 fully saturated rings. The number of nitrogens with one attached hydrogen (secondary N) is 2. The van der Waals surface area contributed by atoms with Crippen LogP contribution in [0.4, 0.5) is 11.4 Å². The smallest absolute Gasteiger partial charge is 0.264 e. The van der Waals surface area contributed by atoms with Crippen LogP contribution >= 0.6 is 12.2 Å². The highest BCUT2D eigenvalue weighted by molar-refractivity contribution is 7.80. The zero-order valence-electron chi connectivity index (χ0n) is 17.6. The maximum atomic E-state index is 12.6. The normalized spacial score (nSPS) is 12.3. The van der Waals surface area contributed by atoms with Gasteiger partial charge in [-0.15, -0.1) is 0 Å². The summed E-state index contributed by atoms with van der Waals surface area (Å²) in [6.45, 7) is 2.50. The molecule has 1 heterocycles. The second-order valence-corrected chi connectivity index (χ2v) is 7.79. The highest BCUT2D eigenvalue weighted by Gasteiger charge is 2.27. The predicted molar refractivity (Wildman–Crippen MR) is 129 cm³/mol. The summed E-state index contributed by atoms with van der Waals surface area (Å²) in [6.07, 6.45) is 0.948. The van der Waals surface area contributed by atoms with E-state index in [4.69, 9.17) is 17.0 Å². The van der Waals surface area contributed by atoms with E-state index in [0.29, 0.717) is 18.0 Å². The first-order valence-electron chi connectivity index (χ1n) is 10.4. The van der Waals surface area contributed by atoms with Crippen LogP contribution < -0.4 is 20.3 Å². The Kier molecular flexibility index (Phi) is 6.47. The third-order valence-electron chi connectivity index (χ3n) is 5.21. The van der Waals surface area contributed by atoms with Crippen LogP contribution in [-0.2, 0) is 17.8 Å². The van der Waals surface area contributed by atoms with Crippen LogP contribution in [0.5, 0.6) is 5.75 Å². The molecule has 0 atom stereocenters. The fourth-order valence-corrected chi connectivity index (χ4v) is 3.71. The minimum Gasteiger partial charge on any atom is -0.484 e. The summed E-state index contributed by atoms with van der Waals surface area (Å²) < 4.78 is 5.49. The summed E-state index contributed by atoms with van der Waals surface area (Å²) in [5, 5.41) is 5.75. The van der Waals surface area contributed by atoms with Gasteiger partial charge in [0.1, 0.15) is 5.75 Å². The van der Waals surface area contributed by atoms with E-state index < -0.39 is 0 Å². The summed E-state index contributed by atoms with van der Waals surface area (Å²) in [5.74, 6) is 0.276. The topological polar surface area (TPSA) is 70.7 Å². The second kappa shape index (κ2) is 9.62. The monoisotopic (exact) mass is 445 g/mol. The number of rotatable bonds is 6. The van der Waals surface area contributed by atoms with E-state index in [-0.39, 0.29) is 23.5 Å². The van der Waals surface area contributed by atoms with Crippen molar-refractivity contribution < 1.29 is 14.3 Å². The van der Waals surface area contributed by atoms with Crippen molar-refractivity contribution >= 4 is 40.5 Å². The van der Waals surface area contributed by atoms with Gasteiger partial charge in [-0.05, 0) is 72.2 Å². The summed E-state index contributed by atoms with van der Waals surface area (Å²) in [7, 11) is 0. The van der Waals surface area contributed by atoms with E-state index in [1.165, 1.54) is 5.56 Å². The molecule has 0 radical (unpaired) electrons. The van der Waals surface area contributed by atoms with Crippen LogP contribution in [0.15, 0.2) is 72.8 Å². The molecule has 6 nitrogen and oxygen atoms in total. The largest absolute Gasteiger partial charge is 0.484 e. The molecule has 4 rings (SSSR count). The van der Waals surface area contributed by atoms with Crippen molar-refractivity contribution in [3.63, 3.8) is 0 Å². The fraction of sp³-hybridized carbons (Fsp3) is 0.160. The van der Waals surface area contributed by atoms with Gasteiger partial charge in [0, 0.05) is 16.9 Å². The van der Waals surface area contributed by atoms with Crippen LogP contribution in [0.3, 0.4) is 0 Å². The Hall–Kier alpha value is -3.71. The van der Waals surface area contributed by atoms with Crippen LogP contribution in [0.2, 0.25) is 0 Å². The highest BCUT2D eigenvalue weighted by atomic mass is 32.1. The van der Waals surface area contributed by atoms with Gasteiger partial charge in [0.25, 0.3) is 11.8 Å². The van der Waals surface area contributed by atoms with Crippen LogP contribution in [0, 0.1) is 0 Å². The molecule has 0 aromatic heterocycles. The molecule has 7 heteroatoms. The van der Waals surface area contributed by atoms with Crippen LogP contribution in [-0.4, -0.2) is 23.5 Å². The highest BCUT2D eigenvalue weighted by Crippen LogP contribution is 2.28. The minimum absolute atomic E-state index is 0.00609. The number of hydrogen-bond acceptors (Lipinski definition) is 4. The average molecular weight is 446 g/mol. The molecule has 0 saturated heterocycles. The molecule has 32 heavy (non-hydrogen) atoms. The van der Waals surface area contributed by atoms with Gasteiger partial charge < -0.3 is 15.0 Å². The minimum atomic E-state index is -0.348. The Morgan fingerprint density at radius 2 is 1.75 bits per heavy atom. The number of nitrogens with zero attached hydrogens (tertiary/aromatic N) is 1. The second-order valence-electron chi connectivity index (χ2n) is 7.38. The Morgan fingerprint density at radius 1 is 1.03 bits per heavy atom. The zero-order chi connectivity index (χ0) is 22.5. The number of carbonyl (C=O) groups excluding carboxylic acids is 2. The molecule has 0 bridgehead atoms. The van der Waals surface area contributed by atoms with Crippen molar-refractivity contribution in [3.8, 4) is 5.75 Å².